The zero-order chi connectivity index (χ0) is 43.0. The molecule has 0 aromatic heterocycles. The van der Waals surface area contributed by atoms with Crippen molar-refractivity contribution in [3.63, 3.8) is 0 Å². The predicted molar refractivity (Wildman–Crippen MR) is 252 cm³/mol. The van der Waals surface area contributed by atoms with Crippen molar-refractivity contribution in [3.05, 3.63) is 36.5 Å². The van der Waals surface area contributed by atoms with Gasteiger partial charge in [-0.25, -0.2) is 0 Å². The minimum Gasteiger partial charge on any atom is -0.462 e. The first-order valence-electron chi connectivity index (χ1n) is 25.5. The van der Waals surface area contributed by atoms with Crippen LogP contribution in [0, 0.1) is 0 Å². The van der Waals surface area contributed by atoms with Crippen molar-refractivity contribution in [2.45, 2.75) is 271 Å². The van der Waals surface area contributed by atoms with Crippen LogP contribution in [0.25, 0.3) is 0 Å². The molecule has 0 aliphatic carbocycles. The minimum absolute atomic E-state index is 0.0943. The van der Waals surface area contributed by atoms with Gasteiger partial charge in [0.05, 0.1) is 0 Å². The van der Waals surface area contributed by atoms with Gasteiger partial charge in [0.1, 0.15) is 13.2 Å². The van der Waals surface area contributed by atoms with Gasteiger partial charge in [-0.15, -0.1) is 0 Å². The van der Waals surface area contributed by atoms with E-state index in [1.165, 1.54) is 154 Å². The van der Waals surface area contributed by atoms with Crippen LogP contribution in [0.2, 0.25) is 0 Å². The van der Waals surface area contributed by atoms with Crippen molar-refractivity contribution in [2.75, 3.05) is 13.2 Å². The number of hydrogen-bond donors (Lipinski definition) is 0. The van der Waals surface area contributed by atoms with Gasteiger partial charge in [0.2, 0.25) is 0 Å². The second kappa shape index (κ2) is 48.3. The molecule has 59 heavy (non-hydrogen) atoms. The number of carbonyl (C=O) groups is 3. The number of ether oxygens (including phenoxy) is 3. The fourth-order valence-electron chi connectivity index (χ4n) is 7.25. The fourth-order valence-corrected chi connectivity index (χ4v) is 7.25. The molecule has 344 valence electrons. The zero-order valence-corrected chi connectivity index (χ0v) is 39.3. The van der Waals surface area contributed by atoms with E-state index >= 15 is 0 Å². The first kappa shape index (κ1) is 56.6. The van der Waals surface area contributed by atoms with Crippen molar-refractivity contribution in [3.8, 4) is 0 Å². The lowest BCUT2D eigenvalue weighted by Gasteiger charge is -2.18. The quantitative estimate of drug-likeness (QED) is 0.0263. The summed E-state index contributed by atoms with van der Waals surface area (Å²) in [6.07, 6.45) is 55.7. The van der Waals surface area contributed by atoms with Crippen LogP contribution in [0.15, 0.2) is 36.5 Å². The molecule has 0 saturated carbocycles. The second-order valence-electron chi connectivity index (χ2n) is 17.1. The van der Waals surface area contributed by atoms with Gasteiger partial charge in [0, 0.05) is 19.3 Å². The summed E-state index contributed by atoms with van der Waals surface area (Å²) in [7, 11) is 0. The van der Waals surface area contributed by atoms with Gasteiger partial charge in [-0.1, -0.05) is 218 Å². The van der Waals surface area contributed by atoms with E-state index in [-0.39, 0.29) is 37.5 Å². The lowest BCUT2D eigenvalue weighted by Crippen LogP contribution is -2.30. The molecule has 0 aromatic carbocycles. The van der Waals surface area contributed by atoms with Crippen LogP contribution < -0.4 is 0 Å². The summed E-state index contributed by atoms with van der Waals surface area (Å²) in [5.41, 5.74) is 0. The molecule has 0 heterocycles. The highest BCUT2D eigenvalue weighted by atomic mass is 16.6. The van der Waals surface area contributed by atoms with Gasteiger partial charge in [-0.2, -0.15) is 0 Å². The largest absolute Gasteiger partial charge is 0.462 e. The van der Waals surface area contributed by atoms with Crippen LogP contribution in [0.3, 0.4) is 0 Å². The summed E-state index contributed by atoms with van der Waals surface area (Å²) in [4.78, 5) is 37.9. The third-order valence-electron chi connectivity index (χ3n) is 11.1. The number of unbranched alkanes of at least 4 members (excludes halogenated alkanes) is 29. The molecule has 1 atom stereocenters. The highest BCUT2D eigenvalue weighted by molar-refractivity contribution is 5.71. The fraction of sp³-hybridized carbons (Fsp3) is 0.830. The molecule has 0 bridgehead atoms. The average Bonchev–Trinajstić information content (AvgIpc) is 3.23. The maximum absolute atomic E-state index is 12.8. The summed E-state index contributed by atoms with van der Waals surface area (Å²) in [6.45, 7) is 6.57. The van der Waals surface area contributed by atoms with Crippen molar-refractivity contribution < 1.29 is 28.6 Å². The molecule has 0 aliphatic heterocycles. The summed E-state index contributed by atoms with van der Waals surface area (Å²) < 4.78 is 16.7. The van der Waals surface area contributed by atoms with Gasteiger partial charge in [-0.3, -0.25) is 14.4 Å². The SMILES string of the molecule is CCCCCCCC/C=C/C/C=C/CCC(=O)OCC(COC(=O)CCCCC/C=C/CCCCCCCCC)OC(=O)CCCCCCCCCCCCCCCC. The lowest BCUT2D eigenvalue weighted by atomic mass is 10.0. The van der Waals surface area contributed by atoms with Gasteiger partial charge in [-0.05, 0) is 64.2 Å². The average molecular weight is 829 g/mol. The summed E-state index contributed by atoms with van der Waals surface area (Å²) in [5.74, 6) is -0.970. The molecule has 0 saturated heterocycles. The van der Waals surface area contributed by atoms with E-state index in [1.54, 1.807) is 0 Å². The molecular weight excluding hydrogens is 733 g/mol. The Balaban J connectivity index is 4.43. The van der Waals surface area contributed by atoms with E-state index in [1.807, 2.05) is 6.08 Å². The zero-order valence-electron chi connectivity index (χ0n) is 39.3. The Morgan fingerprint density at radius 2 is 0.644 bits per heavy atom. The van der Waals surface area contributed by atoms with Crippen molar-refractivity contribution >= 4 is 17.9 Å². The molecule has 0 fully saturated rings. The number of esters is 3. The number of hydrogen-bond acceptors (Lipinski definition) is 6. The van der Waals surface area contributed by atoms with E-state index in [0.717, 1.165) is 64.2 Å². The Labute approximate surface area is 365 Å². The maximum atomic E-state index is 12.8. The molecule has 6 nitrogen and oxygen atoms in total. The summed E-state index contributed by atoms with van der Waals surface area (Å²) in [5, 5.41) is 0. The molecule has 0 aromatic rings. The molecule has 6 heteroatoms. The van der Waals surface area contributed by atoms with Crippen molar-refractivity contribution in [1.82, 2.24) is 0 Å². The van der Waals surface area contributed by atoms with Gasteiger partial charge in [0.15, 0.2) is 6.10 Å². The van der Waals surface area contributed by atoms with Crippen molar-refractivity contribution in [2.24, 2.45) is 0 Å². The van der Waals surface area contributed by atoms with Crippen LogP contribution in [0.1, 0.15) is 265 Å². The van der Waals surface area contributed by atoms with Crippen LogP contribution in [-0.2, 0) is 28.6 Å². The topological polar surface area (TPSA) is 78.9 Å². The third-order valence-corrected chi connectivity index (χ3v) is 11.1. The Kier molecular flexibility index (Phi) is 46.4. The first-order chi connectivity index (χ1) is 29.0. The Bertz CT molecular complexity index is 1000. The second-order valence-corrected chi connectivity index (χ2v) is 17.1. The monoisotopic (exact) mass is 829 g/mol. The van der Waals surface area contributed by atoms with E-state index < -0.39 is 6.10 Å². The highest BCUT2D eigenvalue weighted by Gasteiger charge is 2.19. The van der Waals surface area contributed by atoms with E-state index in [4.69, 9.17) is 14.2 Å². The number of rotatable bonds is 46. The van der Waals surface area contributed by atoms with E-state index in [0.29, 0.717) is 19.3 Å². The maximum Gasteiger partial charge on any atom is 0.306 e. The smallest absolute Gasteiger partial charge is 0.306 e. The summed E-state index contributed by atoms with van der Waals surface area (Å²) in [6, 6.07) is 0. The van der Waals surface area contributed by atoms with Gasteiger partial charge >= 0.3 is 17.9 Å². The molecule has 1 unspecified atom stereocenters. The van der Waals surface area contributed by atoms with Crippen molar-refractivity contribution in [1.29, 1.82) is 0 Å². The molecule has 0 spiro atoms. The minimum atomic E-state index is -0.796. The molecule has 0 amide bonds. The lowest BCUT2D eigenvalue weighted by molar-refractivity contribution is -0.166. The standard InChI is InChI=1S/C53H96O6/c1-4-7-10-13-16-19-22-25-28-31-34-37-40-43-46-52(55)58-49-50(48-57-51(54)45-42-39-36-33-30-27-24-21-18-15-12-9-6-3)59-53(56)47-44-41-38-35-32-29-26-23-20-17-14-11-8-5-2/h27-28,30-31,36,39,50H,4-26,29,32-35,37-38,40-49H2,1-3H3/b30-27+,31-28+,39-36+. The van der Waals surface area contributed by atoms with E-state index in [9.17, 15) is 14.4 Å². The van der Waals surface area contributed by atoms with Crippen LogP contribution in [-0.4, -0.2) is 37.2 Å². The Morgan fingerprint density at radius 1 is 0.339 bits per heavy atom. The van der Waals surface area contributed by atoms with Crippen LogP contribution in [0.4, 0.5) is 0 Å². The highest BCUT2D eigenvalue weighted by Crippen LogP contribution is 2.15. The number of carbonyl (C=O) groups excluding carboxylic acids is 3. The Hall–Kier alpha value is -2.37. The molecule has 0 rings (SSSR count). The molecule has 0 radical (unpaired) electrons. The molecule has 0 aliphatic rings. The van der Waals surface area contributed by atoms with Crippen LogP contribution >= 0.6 is 0 Å². The number of allylic oxidation sites excluding steroid dienone is 6. The predicted octanol–water partition coefficient (Wildman–Crippen LogP) is 16.5. The molecular formula is C53H96O6. The van der Waals surface area contributed by atoms with Crippen LogP contribution in [0.5, 0.6) is 0 Å². The summed E-state index contributed by atoms with van der Waals surface area (Å²) >= 11 is 0. The third kappa shape index (κ3) is 46.5. The molecule has 0 N–H and O–H groups in total. The normalized spacial score (nSPS) is 12.3. The van der Waals surface area contributed by atoms with Gasteiger partial charge < -0.3 is 14.2 Å². The van der Waals surface area contributed by atoms with Gasteiger partial charge in [0.25, 0.3) is 0 Å². The van der Waals surface area contributed by atoms with E-state index in [2.05, 4.69) is 51.2 Å². The Morgan fingerprint density at radius 3 is 1.07 bits per heavy atom. The first-order valence-corrected chi connectivity index (χ1v) is 25.5.